The lowest BCUT2D eigenvalue weighted by atomic mass is 10.2. The van der Waals surface area contributed by atoms with Crippen molar-refractivity contribution in [3.8, 4) is 0 Å². The minimum absolute atomic E-state index is 0.0559. The van der Waals surface area contributed by atoms with Gasteiger partial charge in [0.1, 0.15) is 5.82 Å². The smallest absolute Gasteiger partial charge is 0.273 e. The molecule has 0 spiro atoms. The molecule has 31 heavy (non-hydrogen) atoms. The van der Waals surface area contributed by atoms with Crippen LogP contribution in [0.25, 0.3) is 0 Å². The Kier molecular flexibility index (Phi) is 6.10. The Morgan fingerprint density at radius 2 is 1.87 bits per heavy atom. The fourth-order valence-corrected chi connectivity index (χ4v) is 5.31. The number of aromatic nitrogens is 3. The van der Waals surface area contributed by atoms with Crippen LogP contribution >= 0.6 is 0 Å². The van der Waals surface area contributed by atoms with E-state index >= 15 is 0 Å². The molecule has 1 aromatic heterocycles. The van der Waals surface area contributed by atoms with Crippen LogP contribution < -0.4 is 5.32 Å². The number of carbonyl (C=O) groups excluding carboxylic acids is 1. The molecule has 0 bridgehead atoms. The maximum atomic E-state index is 13.2. The van der Waals surface area contributed by atoms with Gasteiger partial charge in [-0.15, -0.1) is 5.10 Å². The van der Waals surface area contributed by atoms with E-state index < -0.39 is 15.8 Å². The third kappa shape index (κ3) is 4.80. The minimum Gasteiger partial charge on any atom is -0.347 e. The second-order valence-corrected chi connectivity index (χ2v) is 9.25. The molecular formula is C21H22FN5O3S. The van der Waals surface area contributed by atoms with Gasteiger partial charge < -0.3 is 5.32 Å². The van der Waals surface area contributed by atoms with Crippen LogP contribution in [0.3, 0.4) is 0 Å². The second kappa shape index (κ2) is 8.94. The van der Waals surface area contributed by atoms with Crippen molar-refractivity contribution < 1.29 is 17.6 Å². The lowest BCUT2D eigenvalue weighted by Gasteiger charge is -2.23. The Hall–Kier alpha value is -3.11. The van der Waals surface area contributed by atoms with Crippen LogP contribution in [-0.2, 0) is 23.1 Å². The summed E-state index contributed by atoms with van der Waals surface area (Å²) in [6.45, 7) is 1.03. The van der Waals surface area contributed by atoms with Gasteiger partial charge in [-0.3, -0.25) is 9.48 Å². The Balaban J connectivity index is 1.41. The van der Waals surface area contributed by atoms with Crippen LogP contribution in [0.2, 0.25) is 0 Å². The highest BCUT2D eigenvalue weighted by Gasteiger charge is 2.35. The lowest BCUT2D eigenvalue weighted by Crippen LogP contribution is -2.38. The molecular weight excluding hydrogens is 421 g/mol. The number of nitrogens with zero attached hydrogens (tertiary/aromatic N) is 4. The highest BCUT2D eigenvalue weighted by Crippen LogP contribution is 2.27. The minimum atomic E-state index is -3.75. The molecule has 1 fully saturated rings. The van der Waals surface area contributed by atoms with E-state index in [0.717, 1.165) is 17.7 Å². The first kappa shape index (κ1) is 21.1. The van der Waals surface area contributed by atoms with Crippen molar-refractivity contribution >= 4 is 15.9 Å². The van der Waals surface area contributed by atoms with Crippen molar-refractivity contribution in [3.63, 3.8) is 0 Å². The lowest BCUT2D eigenvalue weighted by molar-refractivity contribution is 0.0945. The third-order valence-electron chi connectivity index (χ3n) is 5.21. The fourth-order valence-electron chi connectivity index (χ4n) is 3.63. The Morgan fingerprint density at radius 1 is 1.13 bits per heavy atom. The Bertz CT molecular complexity index is 1150. The zero-order valence-electron chi connectivity index (χ0n) is 16.7. The van der Waals surface area contributed by atoms with Gasteiger partial charge in [-0.05, 0) is 42.7 Å². The largest absolute Gasteiger partial charge is 0.347 e. The van der Waals surface area contributed by atoms with Crippen LogP contribution in [-0.4, -0.2) is 46.2 Å². The molecule has 162 valence electrons. The summed E-state index contributed by atoms with van der Waals surface area (Å²) in [5, 5.41) is 10.7. The van der Waals surface area contributed by atoms with Gasteiger partial charge in [0.15, 0.2) is 5.69 Å². The molecule has 2 aromatic carbocycles. The van der Waals surface area contributed by atoms with Crippen LogP contribution in [0, 0.1) is 5.82 Å². The van der Waals surface area contributed by atoms with E-state index in [1.807, 2.05) is 30.3 Å². The SMILES string of the molecule is O=C(NCc1ccccc1)c1cn(C[C@@H]2CCCN2S(=O)(=O)c2ccc(F)cc2)nn1. The van der Waals surface area contributed by atoms with Gasteiger partial charge in [-0.1, -0.05) is 35.5 Å². The average molecular weight is 444 g/mol. The predicted molar refractivity (Wildman–Crippen MR) is 111 cm³/mol. The summed E-state index contributed by atoms with van der Waals surface area (Å²) in [6, 6.07) is 14.0. The van der Waals surface area contributed by atoms with E-state index in [4.69, 9.17) is 0 Å². The summed E-state index contributed by atoms with van der Waals surface area (Å²) in [6.07, 6.45) is 2.89. The number of rotatable bonds is 7. The maximum Gasteiger partial charge on any atom is 0.273 e. The number of sulfonamides is 1. The number of amides is 1. The van der Waals surface area contributed by atoms with Crippen LogP contribution in [0.5, 0.6) is 0 Å². The van der Waals surface area contributed by atoms with Crippen molar-refractivity contribution in [3.05, 3.63) is 77.9 Å². The van der Waals surface area contributed by atoms with Gasteiger partial charge in [0.2, 0.25) is 10.0 Å². The molecule has 0 unspecified atom stereocenters. The predicted octanol–water partition coefficient (Wildman–Crippen LogP) is 2.20. The molecule has 1 aliphatic heterocycles. The van der Waals surface area contributed by atoms with Gasteiger partial charge in [-0.25, -0.2) is 12.8 Å². The number of nitrogens with one attached hydrogen (secondary N) is 1. The zero-order valence-corrected chi connectivity index (χ0v) is 17.5. The second-order valence-electron chi connectivity index (χ2n) is 7.36. The molecule has 10 heteroatoms. The van der Waals surface area contributed by atoms with Crippen molar-refractivity contribution in [1.82, 2.24) is 24.6 Å². The van der Waals surface area contributed by atoms with Gasteiger partial charge in [0.25, 0.3) is 5.91 Å². The molecule has 1 saturated heterocycles. The number of hydrogen-bond donors (Lipinski definition) is 1. The Morgan fingerprint density at radius 3 is 2.61 bits per heavy atom. The molecule has 2 heterocycles. The highest BCUT2D eigenvalue weighted by atomic mass is 32.2. The first-order valence-corrected chi connectivity index (χ1v) is 11.4. The monoisotopic (exact) mass is 443 g/mol. The molecule has 1 amide bonds. The molecule has 1 aliphatic rings. The first-order valence-electron chi connectivity index (χ1n) is 9.93. The van der Waals surface area contributed by atoms with E-state index in [9.17, 15) is 17.6 Å². The summed E-state index contributed by atoms with van der Waals surface area (Å²) < 4.78 is 42.0. The molecule has 1 atom stereocenters. The van der Waals surface area contributed by atoms with Crippen LogP contribution in [0.15, 0.2) is 65.7 Å². The summed E-state index contributed by atoms with van der Waals surface area (Å²) in [7, 11) is -3.75. The quantitative estimate of drug-likeness (QED) is 0.604. The van der Waals surface area contributed by atoms with Gasteiger partial charge in [0.05, 0.1) is 17.6 Å². The number of halogens is 1. The van der Waals surface area contributed by atoms with E-state index in [-0.39, 0.29) is 29.1 Å². The van der Waals surface area contributed by atoms with Crippen molar-refractivity contribution in [2.45, 2.75) is 36.9 Å². The molecule has 0 saturated carbocycles. The standard InChI is InChI=1S/C21H22FN5O3S/c22-17-8-10-19(11-9-17)31(29,30)27-12-4-7-18(27)14-26-15-20(24-25-26)21(28)23-13-16-5-2-1-3-6-16/h1-3,5-6,8-11,15,18H,4,7,12-14H2,(H,23,28)/t18-/m0/s1. The van der Waals surface area contributed by atoms with Gasteiger partial charge in [0, 0.05) is 19.1 Å². The van der Waals surface area contributed by atoms with E-state index in [1.54, 1.807) is 0 Å². The highest BCUT2D eigenvalue weighted by molar-refractivity contribution is 7.89. The van der Waals surface area contributed by atoms with E-state index in [1.165, 1.54) is 27.3 Å². The summed E-state index contributed by atoms with van der Waals surface area (Å²) in [5.41, 5.74) is 1.14. The van der Waals surface area contributed by atoms with E-state index in [0.29, 0.717) is 25.9 Å². The summed E-state index contributed by atoms with van der Waals surface area (Å²) in [4.78, 5) is 12.4. The molecule has 1 N–H and O–H groups in total. The van der Waals surface area contributed by atoms with Crippen molar-refractivity contribution in [1.29, 1.82) is 0 Å². The van der Waals surface area contributed by atoms with Crippen LogP contribution in [0.4, 0.5) is 4.39 Å². The normalized spacial score (nSPS) is 17.0. The number of carbonyl (C=O) groups is 1. The maximum absolute atomic E-state index is 13.2. The summed E-state index contributed by atoms with van der Waals surface area (Å²) >= 11 is 0. The first-order chi connectivity index (χ1) is 14.9. The van der Waals surface area contributed by atoms with Crippen LogP contribution in [0.1, 0.15) is 28.9 Å². The number of benzene rings is 2. The number of hydrogen-bond acceptors (Lipinski definition) is 5. The van der Waals surface area contributed by atoms with E-state index in [2.05, 4.69) is 15.6 Å². The zero-order chi connectivity index (χ0) is 21.8. The summed E-state index contributed by atoms with van der Waals surface area (Å²) in [5.74, 6) is -0.838. The molecule has 3 aromatic rings. The molecule has 0 aliphatic carbocycles. The van der Waals surface area contributed by atoms with Gasteiger partial charge in [-0.2, -0.15) is 4.31 Å². The fraction of sp³-hybridized carbons (Fsp3) is 0.286. The Labute approximate surface area is 179 Å². The third-order valence-corrected chi connectivity index (χ3v) is 7.17. The molecule has 4 rings (SSSR count). The van der Waals surface area contributed by atoms with Crippen molar-refractivity contribution in [2.75, 3.05) is 6.54 Å². The molecule has 0 radical (unpaired) electrons. The average Bonchev–Trinajstić information content (AvgIpc) is 3.43. The molecule has 8 nitrogen and oxygen atoms in total. The van der Waals surface area contributed by atoms with Crippen molar-refractivity contribution in [2.24, 2.45) is 0 Å². The van der Waals surface area contributed by atoms with Gasteiger partial charge >= 0.3 is 0 Å². The topological polar surface area (TPSA) is 97.2 Å².